The van der Waals surface area contributed by atoms with Crippen molar-refractivity contribution in [2.45, 2.75) is 77.3 Å². The Kier molecular flexibility index (Phi) is 8.35. The van der Waals surface area contributed by atoms with E-state index in [1.165, 1.54) is 0 Å². The molecule has 0 bridgehead atoms. The molecule has 3 aliphatic rings. The largest absolute Gasteiger partial charge is 0.478 e. The Morgan fingerprint density at radius 1 is 1.11 bits per heavy atom. The summed E-state index contributed by atoms with van der Waals surface area (Å²) in [6.45, 7) is 11.4. The van der Waals surface area contributed by atoms with E-state index in [0.717, 1.165) is 76.3 Å². The highest BCUT2D eigenvalue weighted by molar-refractivity contribution is 5.77. The number of rotatable bonds is 9. The summed E-state index contributed by atoms with van der Waals surface area (Å²) in [5, 5.41) is 4.10. The van der Waals surface area contributed by atoms with Crippen LogP contribution in [0.25, 0.3) is 0 Å². The molecule has 1 amide bonds. The molecule has 10 nitrogen and oxygen atoms in total. The Morgan fingerprint density at radius 3 is 2.61 bits per heavy atom. The number of amides is 1. The van der Waals surface area contributed by atoms with Gasteiger partial charge in [-0.3, -0.25) is 4.79 Å². The first kappa shape index (κ1) is 26.7. The van der Waals surface area contributed by atoms with Gasteiger partial charge < -0.3 is 29.7 Å². The summed E-state index contributed by atoms with van der Waals surface area (Å²) < 4.78 is 11.5. The van der Waals surface area contributed by atoms with Crippen LogP contribution in [0.3, 0.4) is 0 Å². The molecule has 5 heterocycles. The van der Waals surface area contributed by atoms with Crippen molar-refractivity contribution in [1.82, 2.24) is 20.0 Å². The van der Waals surface area contributed by atoms with Crippen LogP contribution >= 0.6 is 0 Å². The molecular weight excluding hydrogens is 482 g/mol. The molecule has 2 aromatic heterocycles. The van der Waals surface area contributed by atoms with Gasteiger partial charge in [-0.25, -0.2) is 4.98 Å². The molecule has 10 heteroatoms. The maximum Gasteiger partial charge on any atom is 0.324 e. The zero-order valence-corrected chi connectivity index (χ0v) is 23.1. The van der Waals surface area contributed by atoms with Gasteiger partial charge in [0.15, 0.2) is 5.82 Å². The van der Waals surface area contributed by atoms with Gasteiger partial charge in [0.2, 0.25) is 11.8 Å². The van der Waals surface area contributed by atoms with E-state index in [1.807, 2.05) is 17.2 Å². The summed E-state index contributed by atoms with van der Waals surface area (Å²) in [6.07, 6.45) is 7.81. The van der Waals surface area contributed by atoms with Crippen LogP contribution < -0.4 is 20.3 Å². The van der Waals surface area contributed by atoms with Gasteiger partial charge in [0.1, 0.15) is 0 Å². The normalized spacial score (nSPS) is 23.9. The number of ether oxygens (including phenoxy) is 1. The van der Waals surface area contributed by atoms with E-state index in [0.29, 0.717) is 36.8 Å². The first-order valence-corrected chi connectivity index (χ1v) is 14.4. The predicted octanol–water partition coefficient (Wildman–Crippen LogP) is 3.44. The van der Waals surface area contributed by atoms with Crippen LogP contribution in [0.15, 0.2) is 22.9 Å². The maximum absolute atomic E-state index is 12.4. The van der Waals surface area contributed by atoms with Crippen LogP contribution in [-0.4, -0.2) is 77.3 Å². The van der Waals surface area contributed by atoms with Crippen molar-refractivity contribution in [3.05, 3.63) is 24.2 Å². The number of pyridine rings is 1. The monoisotopic (exact) mass is 525 g/mol. The van der Waals surface area contributed by atoms with Gasteiger partial charge in [-0.05, 0) is 50.0 Å². The van der Waals surface area contributed by atoms with Gasteiger partial charge in [0, 0.05) is 57.2 Å². The molecule has 0 spiro atoms. The molecule has 3 saturated heterocycles. The summed E-state index contributed by atoms with van der Waals surface area (Å²) in [7, 11) is 0. The number of hydrogen-bond donors (Lipinski definition) is 1. The average molecular weight is 526 g/mol. The van der Waals surface area contributed by atoms with Crippen molar-refractivity contribution >= 4 is 17.6 Å². The molecule has 0 saturated carbocycles. The van der Waals surface area contributed by atoms with E-state index < -0.39 is 0 Å². The van der Waals surface area contributed by atoms with Crippen molar-refractivity contribution < 1.29 is 14.1 Å². The summed E-state index contributed by atoms with van der Waals surface area (Å²) >= 11 is 0. The van der Waals surface area contributed by atoms with Crippen LogP contribution in [0.4, 0.5) is 11.7 Å². The molecule has 2 N–H and O–H groups in total. The van der Waals surface area contributed by atoms with Gasteiger partial charge in [0.25, 0.3) is 0 Å². The lowest BCUT2D eigenvalue weighted by atomic mass is 9.84. The Labute approximate surface area is 225 Å². The smallest absolute Gasteiger partial charge is 0.324 e. The molecule has 0 radical (unpaired) electrons. The molecule has 38 heavy (non-hydrogen) atoms. The van der Waals surface area contributed by atoms with E-state index in [1.54, 1.807) is 0 Å². The third kappa shape index (κ3) is 6.06. The Bertz CT molecular complexity index is 1050. The fourth-order valence-electron chi connectivity index (χ4n) is 6.01. The van der Waals surface area contributed by atoms with E-state index in [2.05, 4.69) is 51.8 Å². The number of piperidine rings is 2. The van der Waals surface area contributed by atoms with Crippen LogP contribution in [0, 0.1) is 11.8 Å². The zero-order chi connectivity index (χ0) is 26.6. The Balaban J connectivity index is 1.04. The number of anilines is 2. The highest BCUT2D eigenvalue weighted by Gasteiger charge is 2.37. The van der Waals surface area contributed by atoms with Gasteiger partial charge in [0.05, 0.1) is 24.5 Å². The second-order valence-electron chi connectivity index (χ2n) is 11.6. The predicted molar refractivity (Wildman–Crippen MR) is 146 cm³/mol. The number of nitrogens with two attached hydrogens (primary N) is 1. The maximum atomic E-state index is 12.4. The van der Waals surface area contributed by atoms with E-state index in [-0.39, 0.29) is 23.9 Å². The first-order valence-electron chi connectivity index (χ1n) is 14.4. The second-order valence-corrected chi connectivity index (χ2v) is 11.6. The quantitative estimate of drug-likeness (QED) is 0.526. The van der Waals surface area contributed by atoms with Crippen LogP contribution in [0.1, 0.15) is 71.0 Å². The SMILES string of the molecule is CC(C)c1noc(N2CCC([C@H](C)CCOc3ccc(N4C[C@@H](N)[C@@H](N5CCCCC5=O)C4)cn3)CC2)n1. The minimum absolute atomic E-state index is 0.0362. The molecule has 0 aliphatic carbocycles. The van der Waals surface area contributed by atoms with Gasteiger partial charge >= 0.3 is 6.01 Å². The molecule has 3 atom stereocenters. The highest BCUT2D eigenvalue weighted by Crippen LogP contribution is 2.30. The summed E-state index contributed by atoms with van der Waals surface area (Å²) in [4.78, 5) is 27.9. The number of nitrogens with zero attached hydrogens (tertiary/aromatic N) is 6. The Hall–Kier alpha value is -2.88. The lowest BCUT2D eigenvalue weighted by Gasteiger charge is -2.34. The van der Waals surface area contributed by atoms with Crippen molar-refractivity contribution in [2.24, 2.45) is 17.6 Å². The van der Waals surface area contributed by atoms with Crippen LogP contribution in [0.2, 0.25) is 0 Å². The van der Waals surface area contributed by atoms with Crippen molar-refractivity contribution in [3.8, 4) is 5.88 Å². The van der Waals surface area contributed by atoms with Crippen LogP contribution in [-0.2, 0) is 4.79 Å². The molecule has 208 valence electrons. The lowest BCUT2D eigenvalue weighted by Crippen LogP contribution is -2.51. The minimum Gasteiger partial charge on any atom is -0.478 e. The summed E-state index contributed by atoms with van der Waals surface area (Å²) in [5.74, 6) is 3.18. The second kappa shape index (κ2) is 11.9. The Morgan fingerprint density at radius 2 is 1.92 bits per heavy atom. The van der Waals surface area contributed by atoms with Crippen molar-refractivity contribution in [1.29, 1.82) is 0 Å². The molecule has 5 rings (SSSR count). The number of aromatic nitrogens is 3. The summed E-state index contributed by atoms with van der Waals surface area (Å²) in [5.41, 5.74) is 7.47. The van der Waals surface area contributed by atoms with Gasteiger partial charge in [-0.1, -0.05) is 25.9 Å². The number of carbonyl (C=O) groups excluding carboxylic acids is 1. The van der Waals surface area contributed by atoms with Gasteiger partial charge in [-0.15, -0.1) is 0 Å². The zero-order valence-electron chi connectivity index (χ0n) is 23.1. The molecule has 3 aliphatic heterocycles. The molecular formula is C28H43N7O3. The summed E-state index contributed by atoms with van der Waals surface area (Å²) in [6, 6.07) is 4.70. The first-order chi connectivity index (χ1) is 18.4. The topological polar surface area (TPSA) is 114 Å². The van der Waals surface area contributed by atoms with E-state index in [9.17, 15) is 4.79 Å². The molecule has 3 fully saturated rings. The molecule has 0 aromatic carbocycles. The fraction of sp³-hybridized carbons (Fsp3) is 0.714. The lowest BCUT2D eigenvalue weighted by molar-refractivity contribution is -0.135. The highest BCUT2D eigenvalue weighted by atomic mass is 16.5. The molecule has 0 unspecified atom stereocenters. The average Bonchev–Trinajstić information content (AvgIpc) is 3.57. The number of hydrogen-bond acceptors (Lipinski definition) is 9. The third-order valence-electron chi connectivity index (χ3n) is 8.56. The van der Waals surface area contributed by atoms with Crippen LogP contribution in [0.5, 0.6) is 5.88 Å². The van der Waals surface area contributed by atoms with Gasteiger partial charge in [-0.2, -0.15) is 4.98 Å². The fourth-order valence-corrected chi connectivity index (χ4v) is 6.01. The van der Waals surface area contributed by atoms with E-state index >= 15 is 0 Å². The third-order valence-corrected chi connectivity index (χ3v) is 8.56. The molecule has 2 aromatic rings. The van der Waals surface area contributed by atoms with Crippen molar-refractivity contribution in [2.75, 3.05) is 49.1 Å². The van der Waals surface area contributed by atoms with Crippen molar-refractivity contribution in [3.63, 3.8) is 0 Å². The number of carbonyl (C=O) groups is 1. The standard InChI is InChI=1S/C28H43N7O3/c1-19(2)27-31-28(38-32-27)33-13-9-21(10-14-33)20(3)11-15-37-25-8-7-22(16-30-25)34-17-23(29)24(18-34)35-12-5-4-6-26(35)36/h7-8,16,19-21,23-24H,4-6,9-15,17-18,29H2,1-3H3/t20-,23-,24+/m1/s1. The van der Waals surface area contributed by atoms with E-state index in [4.69, 9.17) is 15.0 Å². The number of likely N-dealkylation sites (tertiary alicyclic amines) is 1. The minimum atomic E-state index is -0.0362.